The van der Waals surface area contributed by atoms with Crippen molar-refractivity contribution >= 4 is 12.9 Å². The summed E-state index contributed by atoms with van der Waals surface area (Å²) in [6, 6.07) is 0. The molecule has 0 amide bonds. The lowest BCUT2D eigenvalue weighted by Crippen LogP contribution is -2.44. The first-order chi connectivity index (χ1) is 6.56. The smallest absolute Gasteiger partial charge is 0.409 e. The zero-order chi connectivity index (χ0) is 10.7. The van der Waals surface area contributed by atoms with Gasteiger partial charge in [-0.05, 0) is 6.82 Å². The van der Waals surface area contributed by atoms with E-state index in [9.17, 15) is 15.0 Å². The van der Waals surface area contributed by atoms with Crippen LogP contribution in [0.4, 0.5) is 0 Å². The molecule has 0 bridgehead atoms. The van der Waals surface area contributed by atoms with Gasteiger partial charge in [0, 0.05) is 0 Å². The molecule has 1 aliphatic rings. The highest BCUT2D eigenvalue weighted by Crippen LogP contribution is 2.14. The number of rotatable bonds is 4. The van der Waals surface area contributed by atoms with E-state index in [1.165, 1.54) is 0 Å². The molecular weight excluding hydrogens is 191 g/mol. The highest BCUT2D eigenvalue weighted by molar-refractivity contribution is 6.43. The number of carbonyl (C=O) groups excluding carboxylic acids is 1. The van der Waals surface area contributed by atoms with Gasteiger partial charge in [0.05, 0.1) is 12.7 Å². The number of Topliss-reactive ketones (excluding diaryl/α,β-unsaturated/α-hetero) is 1. The Hall–Kier alpha value is -0.465. The van der Waals surface area contributed by atoms with Gasteiger partial charge in [0.2, 0.25) is 0 Å². The van der Waals surface area contributed by atoms with Crippen molar-refractivity contribution in [3.05, 3.63) is 0 Å². The van der Waals surface area contributed by atoms with Crippen LogP contribution in [-0.2, 0) is 14.1 Å². The first-order valence-corrected chi connectivity index (χ1v) is 4.33. The van der Waals surface area contributed by atoms with Gasteiger partial charge >= 0.3 is 7.12 Å². The van der Waals surface area contributed by atoms with Gasteiger partial charge in [-0.1, -0.05) is 0 Å². The van der Waals surface area contributed by atoms with Crippen molar-refractivity contribution in [3.63, 3.8) is 0 Å². The summed E-state index contributed by atoms with van der Waals surface area (Å²) in [7, 11) is -0.453. The van der Waals surface area contributed by atoms with Gasteiger partial charge in [0.15, 0.2) is 5.78 Å². The molecule has 0 aromatic heterocycles. The van der Waals surface area contributed by atoms with Crippen LogP contribution in [0.2, 0.25) is 6.82 Å². The Labute approximate surface area is 81.6 Å². The highest BCUT2D eigenvalue weighted by Gasteiger charge is 2.37. The second-order valence-corrected chi connectivity index (χ2v) is 3.14. The van der Waals surface area contributed by atoms with Crippen LogP contribution in [0.3, 0.4) is 0 Å². The number of hydrogen-bond donors (Lipinski definition) is 3. The van der Waals surface area contributed by atoms with Crippen molar-refractivity contribution in [2.75, 3.05) is 13.2 Å². The fourth-order valence-electron chi connectivity index (χ4n) is 1.22. The van der Waals surface area contributed by atoms with Gasteiger partial charge in [0.25, 0.3) is 0 Å². The van der Waals surface area contributed by atoms with E-state index in [4.69, 9.17) is 14.4 Å². The van der Waals surface area contributed by atoms with Crippen LogP contribution in [0.1, 0.15) is 0 Å². The van der Waals surface area contributed by atoms with Crippen LogP contribution in [-0.4, -0.2) is 59.7 Å². The first kappa shape index (κ1) is 11.6. The third-order valence-electron chi connectivity index (χ3n) is 2.05. The van der Waals surface area contributed by atoms with Gasteiger partial charge < -0.3 is 24.6 Å². The molecule has 1 fully saturated rings. The van der Waals surface area contributed by atoms with Crippen LogP contribution in [0, 0.1) is 0 Å². The van der Waals surface area contributed by atoms with Crippen LogP contribution in [0.5, 0.6) is 0 Å². The van der Waals surface area contributed by atoms with Gasteiger partial charge in [0.1, 0.15) is 18.8 Å². The highest BCUT2D eigenvalue weighted by atomic mass is 16.6. The molecular formula is C7H13BO6. The molecule has 14 heavy (non-hydrogen) atoms. The molecule has 0 aromatic rings. The fourth-order valence-corrected chi connectivity index (χ4v) is 1.22. The summed E-state index contributed by atoms with van der Waals surface area (Å²) in [6.45, 7) is 0.965. The molecule has 3 atom stereocenters. The Bertz CT molecular complexity index is 210. The summed E-state index contributed by atoms with van der Waals surface area (Å²) in [5.74, 6) is -0.833. The molecule has 0 radical (unpaired) electrons. The van der Waals surface area contributed by atoms with Crippen LogP contribution >= 0.6 is 0 Å². The van der Waals surface area contributed by atoms with Gasteiger partial charge in [-0.3, -0.25) is 4.79 Å². The fraction of sp³-hybridized carbons (Fsp3) is 0.857. The van der Waals surface area contributed by atoms with Crippen molar-refractivity contribution in [3.8, 4) is 0 Å². The van der Waals surface area contributed by atoms with Gasteiger partial charge in [-0.2, -0.15) is 0 Å². The molecule has 1 rings (SSSR count). The van der Waals surface area contributed by atoms with E-state index in [1.54, 1.807) is 6.82 Å². The van der Waals surface area contributed by atoms with Crippen molar-refractivity contribution in [2.45, 2.75) is 25.1 Å². The molecule has 1 saturated heterocycles. The molecule has 0 aromatic carbocycles. The topological polar surface area (TPSA) is 96.2 Å². The zero-order valence-corrected chi connectivity index (χ0v) is 7.79. The predicted octanol–water partition coefficient (Wildman–Crippen LogP) is -2.20. The summed E-state index contributed by atoms with van der Waals surface area (Å²) in [5, 5.41) is 27.1. The van der Waals surface area contributed by atoms with E-state index in [1.807, 2.05) is 0 Å². The number of ketones is 1. The summed E-state index contributed by atoms with van der Waals surface area (Å²) in [6.07, 6.45) is -3.71. The lowest BCUT2D eigenvalue weighted by Gasteiger charge is -2.20. The lowest BCUT2D eigenvalue weighted by atomic mass is 9.96. The Kier molecular flexibility index (Phi) is 4.03. The molecule has 3 N–H and O–H groups in total. The second kappa shape index (κ2) is 4.85. The van der Waals surface area contributed by atoms with Gasteiger partial charge in [-0.15, -0.1) is 0 Å². The average Bonchev–Trinajstić information content (AvgIpc) is 2.61. The SMILES string of the molecule is CB1OCC([C@@H](O)[C@H](O)C(=O)CO)O1. The maximum atomic E-state index is 10.8. The number of aliphatic hydroxyl groups excluding tert-OH is 3. The lowest BCUT2D eigenvalue weighted by molar-refractivity contribution is -0.139. The molecule has 6 nitrogen and oxygen atoms in total. The minimum Gasteiger partial charge on any atom is -0.409 e. The molecule has 1 aliphatic heterocycles. The summed E-state index contributed by atoms with van der Waals surface area (Å²) >= 11 is 0. The van der Waals surface area contributed by atoms with Gasteiger partial charge in [-0.25, -0.2) is 0 Å². The Morgan fingerprint density at radius 1 is 1.64 bits per heavy atom. The molecule has 7 heteroatoms. The minimum absolute atomic E-state index is 0.123. The molecule has 0 spiro atoms. The zero-order valence-electron chi connectivity index (χ0n) is 7.79. The predicted molar refractivity (Wildman–Crippen MR) is 46.5 cm³/mol. The monoisotopic (exact) mass is 204 g/mol. The van der Waals surface area contributed by atoms with Crippen LogP contribution < -0.4 is 0 Å². The minimum atomic E-state index is -1.63. The largest absolute Gasteiger partial charge is 0.453 e. The van der Waals surface area contributed by atoms with Crippen molar-refractivity contribution in [1.82, 2.24) is 0 Å². The quantitative estimate of drug-likeness (QED) is 0.450. The summed E-state index contributed by atoms with van der Waals surface area (Å²) in [4.78, 5) is 10.8. The van der Waals surface area contributed by atoms with Crippen LogP contribution in [0.25, 0.3) is 0 Å². The van der Waals surface area contributed by atoms with E-state index < -0.39 is 37.8 Å². The maximum absolute atomic E-state index is 10.8. The summed E-state index contributed by atoms with van der Waals surface area (Å²) in [5.41, 5.74) is 0. The molecule has 0 saturated carbocycles. The van der Waals surface area contributed by atoms with Crippen LogP contribution in [0.15, 0.2) is 0 Å². The maximum Gasteiger partial charge on any atom is 0.453 e. The second-order valence-electron chi connectivity index (χ2n) is 3.14. The molecule has 80 valence electrons. The van der Waals surface area contributed by atoms with E-state index in [2.05, 4.69) is 0 Å². The third kappa shape index (κ3) is 2.52. The molecule has 0 aliphatic carbocycles. The van der Waals surface area contributed by atoms with E-state index in [0.29, 0.717) is 0 Å². The Morgan fingerprint density at radius 3 is 2.71 bits per heavy atom. The normalized spacial score (nSPS) is 26.3. The number of hydrogen-bond acceptors (Lipinski definition) is 6. The standard InChI is InChI=1S/C7H13BO6/c1-8-13-3-5(14-8)7(12)6(11)4(10)2-9/h5-7,9,11-12H,2-3H2,1H3/t5?,6-,7-/m1/s1. The Morgan fingerprint density at radius 2 is 2.29 bits per heavy atom. The number of aliphatic hydroxyl groups is 3. The van der Waals surface area contributed by atoms with E-state index >= 15 is 0 Å². The van der Waals surface area contributed by atoms with Crippen molar-refractivity contribution in [2.24, 2.45) is 0 Å². The Balaban J connectivity index is 2.48. The average molecular weight is 204 g/mol. The first-order valence-electron chi connectivity index (χ1n) is 4.33. The van der Waals surface area contributed by atoms with Crippen molar-refractivity contribution in [1.29, 1.82) is 0 Å². The van der Waals surface area contributed by atoms with E-state index in [0.717, 1.165) is 0 Å². The molecule has 1 heterocycles. The molecule has 1 unspecified atom stereocenters. The number of carbonyl (C=O) groups is 1. The third-order valence-corrected chi connectivity index (χ3v) is 2.05. The van der Waals surface area contributed by atoms with E-state index in [-0.39, 0.29) is 6.61 Å². The summed E-state index contributed by atoms with van der Waals surface area (Å²) < 4.78 is 10.1. The van der Waals surface area contributed by atoms with Crippen molar-refractivity contribution < 1.29 is 29.4 Å².